The number of hydrogen-bond acceptors (Lipinski definition) is 4. The predicted octanol–water partition coefficient (Wildman–Crippen LogP) is 3.19. The van der Waals surface area contributed by atoms with Gasteiger partial charge in [-0.2, -0.15) is 0 Å². The van der Waals surface area contributed by atoms with Crippen LogP contribution in [0.4, 0.5) is 11.4 Å². The van der Waals surface area contributed by atoms with Gasteiger partial charge in [0.2, 0.25) is 0 Å². The molecular weight excluding hydrogens is 292 g/mol. The van der Waals surface area contributed by atoms with Gasteiger partial charge in [-0.1, -0.05) is 11.6 Å². The summed E-state index contributed by atoms with van der Waals surface area (Å²) in [5, 5.41) is 3.11. The quantitative estimate of drug-likeness (QED) is 0.851. The van der Waals surface area contributed by atoms with E-state index in [-0.39, 0.29) is 5.91 Å². The van der Waals surface area contributed by atoms with Crippen molar-refractivity contribution in [1.82, 2.24) is 0 Å². The van der Waals surface area contributed by atoms with Crippen LogP contribution < -0.4 is 20.5 Å². The number of nitrogen functional groups attached to an aromatic ring is 1. The maximum atomic E-state index is 12.2. The number of carbonyl (C=O) groups is 1. The number of rotatable bonds is 4. The lowest BCUT2D eigenvalue weighted by Crippen LogP contribution is -2.13. The lowest BCUT2D eigenvalue weighted by molar-refractivity contribution is 0.102. The molecule has 0 saturated heterocycles. The molecule has 110 valence electrons. The van der Waals surface area contributed by atoms with Gasteiger partial charge in [-0.05, 0) is 36.4 Å². The molecule has 0 aromatic heterocycles. The minimum Gasteiger partial charge on any atom is -0.495 e. The summed E-state index contributed by atoms with van der Waals surface area (Å²) >= 11 is 6.01. The largest absolute Gasteiger partial charge is 0.495 e. The Morgan fingerprint density at radius 3 is 2.38 bits per heavy atom. The van der Waals surface area contributed by atoms with Gasteiger partial charge >= 0.3 is 0 Å². The first-order chi connectivity index (χ1) is 10.0. The summed E-state index contributed by atoms with van der Waals surface area (Å²) in [7, 11) is 3.03. The standard InChI is InChI=1S/C15H15ClN2O3/c1-20-13-5-3-9(7-11(13)16)15(19)18-12-8-10(17)4-6-14(12)21-2/h3-8H,17H2,1-2H3,(H,18,19). The fourth-order valence-corrected chi connectivity index (χ4v) is 2.08. The molecule has 2 aromatic carbocycles. The van der Waals surface area contributed by atoms with Crippen LogP contribution in [0.3, 0.4) is 0 Å². The molecule has 5 nitrogen and oxygen atoms in total. The number of anilines is 2. The minimum atomic E-state index is -0.316. The highest BCUT2D eigenvalue weighted by atomic mass is 35.5. The highest BCUT2D eigenvalue weighted by Gasteiger charge is 2.12. The Balaban J connectivity index is 2.26. The number of benzene rings is 2. The molecule has 1 amide bonds. The molecule has 3 N–H and O–H groups in total. The zero-order valence-corrected chi connectivity index (χ0v) is 12.4. The molecule has 0 atom stereocenters. The highest BCUT2D eigenvalue weighted by Crippen LogP contribution is 2.28. The Bertz CT molecular complexity index is 674. The van der Waals surface area contributed by atoms with Crippen molar-refractivity contribution in [2.45, 2.75) is 0 Å². The average molecular weight is 307 g/mol. The van der Waals surface area contributed by atoms with E-state index in [9.17, 15) is 4.79 Å². The van der Waals surface area contributed by atoms with Crippen LogP contribution in [0.2, 0.25) is 5.02 Å². The number of nitrogens with one attached hydrogen (secondary N) is 1. The average Bonchev–Trinajstić information content (AvgIpc) is 2.47. The molecule has 0 aliphatic carbocycles. The lowest BCUT2D eigenvalue weighted by Gasteiger charge is -2.11. The highest BCUT2D eigenvalue weighted by molar-refractivity contribution is 6.32. The van der Waals surface area contributed by atoms with Gasteiger partial charge in [0.1, 0.15) is 11.5 Å². The Kier molecular flexibility index (Phi) is 4.55. The van der Waals surface area contributed by atoms with Crippen molar-refractivity contribution < 1.29 is 14.3 Å². The first-order valence-corrected chi connectivity index (χ1v) is 6.51. The van der Waals surface area contributed by atoms with Gasteiger partial charge < -0.3 is 20.5 Å². The summed E-state index contributed by atoms with van der Waals surface area (Å²) < 4.78 is 10.2. The molecule has 21 heavy (non-hydrogen) atoms. The molecule has 0 unspecified atom stereocenters. The molecule has 0 aliphatic rings. The van der Waals surface area contributed by atoms with Gasteiger partial charge in [-0.3, -0.25) is 4.79 Å². The second-order valence-electron chi connectivity index (χ2n) is 4.26. The van der Waals surface area contributed by atoms with E-state index >= 15 is 0 Å². The third-order valence-electron chi connectivity index (χ3n) is 2.89. The van der Waals surface area contributed by atoms with Crippen LogP contribution in [0.1, 0.15) is 10.4 Å². The summed E-state index contributed by atoms with van der Waals surface area (Å²) in [6, 6.07) is 9.80. The Hall–Kier alpha value is -2.40. The zero-order valence-electron chi connectivity index (χ0n) is 11.6. The van der Waals surface area contributed by atoms with E-state index in [0.29, 0.717) is 33.5 Å². The number of halogens is 1. The second-order valence-corrected chi connectivity index (χ2v) is 4.67. The van der Waals surface area contributed by atoms with Crippen molar-refractivity contribution >= 4 is 28.9 Å². The van der Waals surface area contributed by atoms with Crippen LogP contribution in [0.5, 0.6) is 11.5 Å². The summed E-state index contributed by atoms with van der Waals surface area (Å²) in [6.45, 7) is 0. The van der Waals surface area contributed by atoms with E-state index in [1.165, 1.54) is 20.3 Å². The van der Waals surface area contributed by atoms with Gasteiger partial charge in [0.05, 0.1) is 24.9 Å². The smallest absolute Gasteiger partial charge is 0.255 e. The molecular formula is C15H15ClN2O3. The molecule has 2 aromatic rings. The number of nitrogens with two attached hydrogens (primary N) is 1. The van der Waals surface area contributed by atoms with E-state index in [1.54, 1.807) is 30.3 Å². The number of methoxy groups -OCH3 is 2. The van der Waals surface area contributed by atoms with E-state index in [1.807, 2.05) is 0 Å². The van der Waals surface area contributed by atoms with Crippen molar-refractivity contribution in [2.24, 2.45) is 0 Å². The van der Waals surface area contributed by atoms with Crippen molar-refractivity contribution in [3.63, 3.8) is 0 Å². The molecule has 0 radical (unpaired) electrons. The van der Waals surface area contributed by atoms with E-state index in [4.69, 9.17) is 26.8 Å². The second kappa shape index (κ2) is 6.37. The van der Waals surface area contributed by atoms with Gasteiger partial charge in [0.15, 0.2) is 0 Å². The molecule has 0 heterocycles. The van der Waals surface area contributed by atoms with E-state index < -0.39 is 0 Å². The molecule has 0 saturated carbocycles. The van der Waals surface area contributed by atoms with E-state index in [2.05, 4.69) is 5.32 Å². The van der Waals surface area contributed by atoms with Gasteiger partial charge in [0.25, 0.3) is 5.91 Å². The number of ether oxygens (including phenoxy) is 2. The number of carbonyl (C=O) groups excluding carboxylic acids is 1. The summed E-state index contributed by atoms with van der Waals surface area (Å²) in [4.78, 5) is 12.2. The van der Waals surface area contributed by atoms with Crippen LogP contribution in [0, 0.1) is 0 Å². The van der Waals surface area contributed by atoms with Gasteiger partial charge in [0, 0.05) is 11.3 Å². The molecule has 0 bridgehead atoms. The molecule has 2 rings (SSSR count). The Labute approximate surface area is 127 Å². The van der Waals surface area contributed by atoms with Gasteiger partial charge in [-0.25, -0.2) is 0 Å². The lowest BCUT2D eigenvalue weighted by atomic mass is 10.2. The molecule has 6 heteroatoms. The topological polar surface area (TPSA) is 73.6 Å². The summed E-state index contributed by atoms with van der Waals surface area (Å²) in [5.74, 6) is 0.718. The number of amides is 1. The van der Waals surface area contributed by atoms with Crippen molar-refractivity contribution in [3.8, 4) is 11.5 Å². The van der Waals surface area contributed by atoms with Crippen LogP contribution >= 0.6 is 11.6 Å². The molecule has 0 aliphatic heterocycles. The monoisotopic (exact) mass is 306 g/mol. The Morgan fingerprint density at radius 1 is 1.10 bits per heavy atom. The first kappa shape index (κ1) is 15.0. The third-order valence-corrected chi connectivity index (χ3v) is 3.18. The fourth-order valence-electron chi connectivity index (χ4n) is 1.83. The number of hydrogen-bond donors (Lipinski definition) is 2. The van der Waals surface area contributed by atoms with Crippen molar-refractivity contribution in [2.75, 3.05) is 25.3 Å². The fraction of sp³-hybridized carbons (Fsp3) is 0.133. The van der Waals surface area contributed by atoms with Gasteiger partial charge in [-0.15, -0.1) is 0 Å². The first-order valence-electron chi connectivity index (χ1n) is 6.13. The molecule has 0 fully saturated rings. The Morgan fingerprint density at radius 2 is 1.76 bits per heavy atom. The SMILES string of the molecule is COc1ccc(C(=O)Nc2cc(N)ccc2OC)cc1Cl. The predicted molar refractivity (Wildman–Crippen MR) is 83.4 cm³/mol. The molecule has 0 spiro atoms. The van der Waals surface area contributed by atoms with Crippen LogP contribution in [-0.2, 0) is 0 Å². The zero-order chi connectivity index (χ0) is 15.4. The summed E-state index contributed by atoms with van der Waals surface area (Å²) in [5.41, 5.74) is 7.14. The maximum absolute atomic E-state index is 12.2. The minimum absolute atomic E-state index is 0.316. The van der Waals surface area contributed by atoms with Crippen LogP contribution in [0.25, 0.3) is 0 Å². The third kappa shape index (κ3) is 3.38. The van der Waals surface area contributed by atoms with E-state index in [0.717, 1.165) is 0 Å². The normalized spacial score (nSPS) is 10.0. The van der Waals surface area contributed by atoms with Crippen molar-refractivity contribution in [3.05, 3.63) is 47.0 Å². The van der Waals surface area contributed by atoms with Crippen LogP contribution in [0.15, 0.2) is 36.4 Å². The van der Waals surface area contributed by atoms with Crippen LogP contribution in [-0.4, -0.2) is 20.1 Å². The van der Waals surface area contributed by atoms with Crippen molar-refractivity contribution in [1.29, 1.82) is 0 Å². The summed E-state index contributed by atoms with van der Waals surface area (Å²) in [6.07, 6.45) is 0. The maximum Gasteiger partial charge on any atom is 0.255 e.